The average molecular weight is 254 g/mol. The second kappa shape index (κ2) is 4.65. The molecule has 3 nitrogen and oxygen atoms in total. The Hall–Kier alpha value is -2.49. The van der Waals surface area contributed by atoms with Gasteiger partial charge in [-0.25, -0.2) is 9.37 Å². The van der Waals surface area contributed by atoms with Crippen molar-refractivity contribution >= 4 is 10.9 Å². The number of aryl methyl sites for hydroxylation is 1. The second-order valence-corrected chi connectivity index (χ2v) is 4.15. The number of halogens is 1. The molecule has 0 radical (unpaired) electrons. The first-order chi connectivity index (χ1) is 9.22. The Morgan fingerprint density at radius 3 is 2.47 bits per heavy atom. The van der Waals surface area contributed by atoms with E-state index < -0.39 is 0 Å². The molecule has 0 amide bonds. The van der Waals surface area contributed by atoms with Gasteiger partial charge in [0.1, 0.15) is 17.4 Å². The van der Waals surface area contributed by atoms with E-state index in [1.54, 1.807) is 12.1 Å². The van der Waals surface area contributed by atoms with Crippen LogP contribution >= 0.6 is 0 Å². The first kappa shape index (κ1) is 11.6. The minimum atomic E-state index is -0.295. The zero-order chi connectivity index (χ0) is 13.2. The van der Waals surface area contributed by atoms with Crippen LogP contribution in [-0.2, 0) is 0 Å². The topological polar surface area (TPSA) is 35.0 Å². The molecular weight excluding hydrogens is 243 g/mol. The normalized spacial score (nSPS) is 10.6. The predicted molar refractivity (Wildman–Crippen MR) is 70.7 cm³/mol. The maximum atomic E-state index is 12.9. The molecule has 0 aliphatic rings. The minimum absolute atomic E-state index is 0.295. The fourth-order valence-corrected chi connectivity index (χ4v) is 1.85. The maximum Gasteiger partial charge on any atom is 0.230 e. The second-order valence-electron chi connectivity index (χ2n) is 4.15. The quantitative estimate of drug-likeness (QED) is 0.696. The summed E-state index contributed by atoms with van der Waals surface area (Å²) in [5.41, 5.74) is 0.826. The van der Waals surface area contributed by atoms with Gasteiger partial charge in [0.05, 0.1) is 10.9 Å². The Labute approximate surface area is 109 Å². The van der Waals surface area contributed by atoms with Gasteiger partial charge in [-0.05, 0) is 43.3 Å². The van der Waals surface area contributed by atoms with Gasteiger partial charge in [-0.2, -0.15) is 4.98 Å². The van der Waals surface area contributed by atoms with Crippen LogP contribution in [0.4, 0.5) is 4.39 Å². The van der Waals surface area contributed by atoms with E-state index in [1.807, 2.05) is 31.2 Å². The summed E-state index contributed by atoms with van der Waals surface area (Å²) in [6.45, 7) is 1.81. The fraction of sp³-hybridized carbons (Fsp3) is 0.0667. The lowest BCUT2D eigenvalue weighted by Crippen LogP contribution is -1.95. The van der Waals surface area contributed by atoms with E-state index in [4.69, 9.17) is 4.74 Å². The van der Waals surface area contributed by atoms with Crippen LogP contribution in [0.15, 0.2) is 48.5 Å². The van der Waals surface area contributed by atoms with Crippen molar-refractivity contribution in [2.45, 2.75) is 6.92 Å². The highest BCUT2D eigenvalue weighted by Crippen LogP contribution is 2.27. The fourth-order valence-electron chi connectivity index (χ4n) is 1.85. The number of hydrogen-bond acceptors (Lipinski definition) is 3. The SMILES string of the molecule is Cc1nc(Oc2ccc(F)cc2)c2ccccc2n1. The summed E-state index contributed by atoms with van der Waals surface area (Å²) in [6, 6.07) is 13.5. The van der Waals surface area contributed by atoms with Crippen LogP contribution in [0.2, 0.25) is 0 Å². The molecule has 1 heterocycles. The number of para-hydroxylation sites is 1. The van der Waals surface area contributed by atoms with Crippen LogP contribution < -0.4 is 4.74 Å². The van der Waals surface area contributed by atoms with Crippen molar-refractivity contribution in [2.75, 3.05) is 0 Å². The van der Waals surface area contributed by atoms with Crippen LogP contribution in [-0.4, -0.2) is 9.97 Å². The van der Waals surface area contributed by atoms with Crippen LogP contribution in [0, 0.1) is 12.7 Å². The van der Waals surface area contributed by atoms with Crippen molar-refractivity contribution in [3.05, 3.63) is 60.2 Å². The van der Waals surface area contributed by atoms with Gasteiger partial charge in [-0.3, -0.25) is 0 Å². The summed E-state index contributed by atoms with van der Waals surface area (Å²) in [7, 11) is 0. The van der Waals surface area contributed by atoms with E-state index in [1.165, 1.54) is 12.1 Å². The van der Waals surface area contributed by atoms with Gasteiger partial charge >= 0.3 is 0 Å². The zero-order valence-electron chi connectivity index (χ0n) is 10.3. The molecule has 1 aromatic heterocycles. The number of ether oxygens (including phenoxy) is 1. The molecule has 0 N–H and O–H groups in total. The molecule has 3 aromatic rings. The van der Waals surface area contributed by atoms with Crippen molar-refractivity contribution in [1.29, 1.82) is 0 Å². The van der Waals surface area contributed by atoms with Gasteiger partial charge in [0.2, 0.25) is 5.88 Å². The minimum Gasteiger partial charge on any atom is -0.438 e. The smallest absolute Gasteiger partial charge is 0.230 e. The van der Waals surface area contributed by atoms with Crippen molar-refractivity contribution in [3.63, 3.8) is 0 Å². The summed E-state index contributed by atoms with van der Waals surface area (Å²) < 4.78 is 18.6. The van der Waals surface area contributed by atoms with E-state index in [0.29, 0.717) is 17.5 Å². The third-order valence-electron chi connectivity index (χ3n) is 2.71. The number of rotatable bonds is 2. The van der Waals surface area contributed by atoms with Crippen molar-refractivity contribution in [3.8, 4) is 11.6 Å². The van der Waals surface area contributed by atoms with E-state index in [2.05, 4.69) is 9.97 Å². The third kappa shape index (κ3) is 2.38. The lowest BCUT2D eigenvalue weighted by atomic mass is 10.2. The molecule has 3 rings (SSSR count). The molecule has 2 aromatic carbocycles. The molecule has 0 saturated carbocycles. The van der Waals surface area contributed by atoms with Crippen LogP contribution in [0.3, 0.4) is 0 Å². The molecule has 0 bridgehead atoms. The van der Waals surface area contributed by atoms with Crippen LogP contribution in [0.1, 0.15) is 5.82 Å². The third-order valence-corrected chi connectivity index (χ3v) is 2.71. The van der Waals surface area contributed by atoms with E-state index in [9.17, 15) is 4.39 Å². The summed E-state index contributed by atoms with van der Waals surface area (Å²) in [4.78, 5) is 8.63. The Balaban J connectivity index is 2.07. The molecule has 0 fully saturated rings. The first-order valence-electron chi connectivity index (χ1n) is 5.89. The molecule has 19 heavy (non-hydrogen) atoms. The van der Waals surface area contributed by atoms with E-state index >= 15 is 0 Å². The van der Waals surface area contributed by atoms with Crippen molar-refractivity contribution < 1.29 is 9.13 Å². The maximum absolute atomic E-state index is 12.9. The molecule has 0 saturated heterocycles. The van der Waals surface area contributed by atoms with Gasteiger partial charge < -0.3 is 4.74 Å². The molecule has 0 aliphatic carbocycles. The average Bonchev–Trinajstić information content (AvgIpc) is 2.41. The summed E-state index contributed by atoms with van der Waals surface area (Å²) in [6.07, 6.45) is 0. The number of nitrogens with zero attached hydrogens (tertiary/aromatic N) is 2. The van der Waals surface area contributed by atoms with E-state index in [-0.39, 0.29) is 5.82 Å². The standard InChI is InChI=1S/C15H11FN2O/c1-10-17-14-5-3-2-4-13(14)15(18-10)19-12-8-6-11(16)7-9-12/h2-9H,1H3. The van der Waals surface area contributed by atoms with Crippen LogP contribution in [0.25, 0.3) is 10.9 Å². The summed E-state index contributed by atoms with van der Waals surface area (Å²) >= 11 is 0. The highest BCUT2D eigenvalue weighted by atomic mass is 19.1. The summed E-state index contributed by atoms with van der Waals surface area (Å²) in [5, 5.41) is 0.831. The van der Waals surface area contributed by atoms with E-state index in [0.717, 1.165) is 10.9 Å². The molecule has 94 valence electrons. The van der Waals surface area contributed by atoms with Gasteiger partial charge in [0.25, 0.3) is 0 Å². The summed E-state index contributed by atoms with van der Waals surface area (Å²) in [5.74, 6) is 1.37. The number of aromatic nitrogens is 2. The molecule has 0 aliphatic heterocycles. The Morgan fingerprint density at radius 2 is 1.68 bits per heavy atom. The molecule has 0 unspecified atom stereocenters. The van der Waals surface area contributed by atoms with Crippen molar-refractivity contribution in [1.82, 2.24) is 9.97 Å². The van der Waals surface area contributed by atoms with Gasteiger partial charge in [0, 0.05) is 0 Å². The van der Waals surface area contributed by atoms with Gasteiger partial charge in [-0.1, -0.05) is 12.1 Å². The molecule has 0 spiro atoms. The Bertz CT molecular complexity index is 726. The highest BCUT2D eigenvalue weighted by molar-refractivity contribution is 5.83. The first-order valence-corrected chi connectivity index (χ1v) is 5.89. The number of benzene rings is 2. The molecule has 0 atom stereocenters. The Morgan fingerprint density at radius 1 is 0.947 bits per heavy atom. The zero-order valence-corrected chi connectivity index (χ0v) is 10.3. The number of fused-ring (bicyclic) bond motifs is 1. The highest BCUT2D eigenvalue weighted by Gasteiger charge is 2.07. The monoisotopic (exact) mass is 254 g/mol. The lowest BCUT2D eigenvalue weighted by molar-refractivity contribution is 0.465. The van der Waals surface area contributed by atoms with Gasteiger partial charge in [0.15, 0.2) is 0 Å². The van der Waals surface area contributed by atoms with Gasteiger partial charge in [-0.15, -0.1) is 0 Å². The largest absolute Gasteiger partial charge is 0.438 e. The Kier molecular flexibility index (Phi) is 2.83. The molecular formula is C15H11FN2O. The van der Waals surface area contributed by atoms with Crippen LogP contribution in [0.5, 0.6) is 11.6 Å². The molecule has 4 heteroatoms. The predicted octanol–water partition coefficient (Wildman–Crippen LogP) is 3.87. The van der Waals surface area contributed by atoms with Crippen molar-refractivity contribution in [2.24, 2.45) is 0 Å². The number of hydrogen-bond donors (Lipinski definition) is 0. The lowest BCUT2D eigenvalue weighted by Gasteiger charge is -2.08.